The molecule has 3 heterocycles. The van der Waals surface area contributed by atoms with Crippen LogP contribution in [0.3, 0.4) is 0 Å². The fourth-order valence-corrected chi connectivity index (χ4v) is 4.25. The monoisotopic (exact) mass is 499 g/mol. The molecule has 1 aromatic carbocycles. The number of hydrogen-bond acceptors (Lipinski definition) is 9. The van der Waals surface area contributed by atoms with Gasteiger partial charge < -0.3 is 9.47 Å². The van der Waals surface area contributed by atoms with Crippen molar-refractivity contribution in [1.82, 2.24) is 29.7 Å². The highest BCUT2D eigenvalue weighted by molar-refractivity contribution is 7.92. The van der Waals surface area contributed by atoms with Crippen molar-refractivity contribution in [1.29, 1.82) is 0 Å². The van der Waals surface area contributed by atoms with E-state index in [0.29, 0.717) is 28.6 Å². The van der Waals surface area contributed by atoms with E-state index in [1.54, 1.807) is 36.5 Å². The van der Waals surface area contributed by atoms with Crippen LogP contribution < -0.4 is 14.2 Å². The van der Waals surface area contributed by atoms with Gasteiger partial charge in [-0.05, 0) is 31.2 Å². The molecule has 4 rings (SSSR count). The molecule has 1 N–H and O–H groups in total. The van der Waals surface area contributed by atoms with Crippen LogP contribution in [0.4, 0.5) is 10.3 Å². The molecule has 0 aliphatic heterocycles. The number of pyridine rings is 1. The number of aryl methyl sites for hydroxylation is 2. The van der Waals surface area contributed by atoms with E-state index < -0.39 is 15.8 Å². The number of sulfonamides is 1. The Bertz CT molecular complexity index is 1400. The Morgan fingerprint density at radius 2 is 1.66 bits per heavy atom. The van der Waals surface area contributed by atoms with Gasteiger partial charge in [-0.25, -0.2) is 22.8 Å². The van der Waals surface area contributed by atoms with E-state index in [0.717, 1.165) is 18.1 Å². The molecule has 0 aliphatic carbocycles. The Morgan fingerprint density at radius 1 is 0.971 bits per heavy atom. The zero-order valence-corrected chi connectivity index (χ0v) is 20.0. The lowest BCUT2D eigenvalue weighted by molar-refractivity contribution is 0.391. The second-order valence-corrected chi connectivity index (χ2v) is 9.21. The van der Waals surface area contributed by atoms with Crippen LogP contribution in [0.15, 0.2) is 48.9 Å². The summed E-state index contributed by atoms with van der Waals surface area (Å²) in [5.41, 5.74) is 1.80. The summed E-state index contributed by atoms with van der Waals surface area (Å²) in [5.74, 6) is 0.276. The third-order valence-electron chi connectivity index (χ3n) is 4.97. The van der Waals surface area contributed by atoms with Crippen LogP contribution in [-0.4, -0.2) is 58.1 Å². The highest BCUT2D eigenvalue weighted by atomic mass is 32.2. The maximum absolute atomic E-state index is 13.0. The lowest BCUT2D eigenvalue weighted by Crippen LogP contribution is -2.21. The van der Waals surface area contributed by atoms with Gasteiger partial charge in [0.2, 0.25) is 16.0 Å². The molecule has 11 nitrogen and oxygen atoms in total. The number of halogens is 1. The van der Waals surface area contributed by atoms with Gasteiger partial charge >= 0.3 is 0 Å². The minimum Gasteiger partial charge on any atom is -0.494 e. The molecule has 182 valence electrons. The van der Waals surface area contributed by atoms with Gasteiger partial charge in [0, 0.05) is 23.9 Å². The van der Waals surface area contributed by atoms with Crippen molar-refractivity contribution in [2.24, 2.45) is 0 Å². The van der Waals surface area contributed by atoms with Gasteiger partial charge in [0.25, 0.3) is 0 Å². The van der Waals surface area contributed by atoms with E-state index in [4.69, 9.17) is 9.47 Å². The van der Waals surface area contributed by atoms with Crippen LogP contribution in [-0.2, 0) is 16.4 Å². The third-order valence-corrected chi connectivity index (χ3v) is 6.21. The van der Waals surface area contributed by atoms with E-state index in [9.17, 15) is 12.8 Å². The quantitative estimate of drug-likeness (QED) is 0.369. The van der Waals surface area contributed by atoms with Gasteiger partial charge in [-0.15, -0.1) is 10.2 Å². The second-order valence-electron chi connectivity index (χ2n) is 7.37. The SMILES string of the molecule is COc1cccc(OC)c1-n1c(NS(=O)(=O)CCc2ncc(F)cn2)nnc1-c1ccc(C)nc1. The third kappa shape index (κ3) is 5.35. The average molecular weight is 500 g/mol. The number of rotatable bonds is 9. The van der Waals surface area contributed by atoms with Crippen LogP contribution in [0.25, 0.3) is 17.1 Å². The van der Waals surface area contributed by atoms with Crippen LogP contribution >= 0.6 is 0 Å². The van der Waals surface area contributed by atoms with Crippen molar-refractivity contribution in [2.45, 2.75) is 13.3 Å². The average Bonchev–Trinajstić information content (AvgIpc) is 3.25. The molecular weight excluding hydrogens is 477 g/mol. The van der Waals surface area contributed by atoms with E-state index in [2.05, 4.69) is 29.9 Å². The second kappa shape index (κ2) is 10.0. The Morgan fingerprint density at radius 3 is 2.26 bits per heavy atom. The number of ether oxygens (including phenoxy) is 2. The van der Waals surface area contributed by atoms with Gasteiger partial charge in [0.05, 0.1) is 32.4 Å². The maximum atomic E-state index is 13.0. The molecule has 0 bridgehead atoms. The summed E-state index contributed by atoms with van der Waals surface area (Å²) < 4.78 is 53.9. The molecule has 0 radical (unpaired) electrons. The normalized spacial score (nSPS) is 11.3. The zero-order chi connectivity index (χ0) is 25.0. The van der Waals surface area contributed by atoms with Crippen molar-refractivity contribution in [2.75, 3.05) is 24.7 Å². The summed E-state index contributed by atoms with van der Waals surface area (Å²) in [6.07, 6.45) is 3.54. The van der Waals surface area contributed by atoms with E-state index >= 15 is 0 Å². The molecule has 0 fully saturated rings. The summed E-state index contributed by atoms with van der Waals surface area (Å²) in [6, 6.07) is 8.76. The zero-order valence-electron chi connectivity index (χ0n) is 19.1. The molecule has 0 saturated heterocycles. The summed E-state index contributed by atoms with van der Waals surface area (Å²) >= 11 is 0. The summed E-state index contributed by atoms with van der Waals surface area (Å²) in [5, 5.41) is 8.32. The number of hydrogen-bond donors (Lipinski definition) is 1. The van der Waals surface area contributed by atoms with Gasteiger partial charge in [-0.2, -0.15) is 0 Å². The number of methoxy groups -OCH3 is 2. The molecule has 0 spiro atoms. The first-order valence-electron chi connectivity index (χ1n) is 10.4. The molecule has 0 atom stereocenters. The molecule has 0 amide bonds. The van der Waals surface area contributed by atoms with Crippen molar-refractivity contribution in [3.05, 3.63) is 66.3 Å². The predicted octanol–water partition coefficient (Wildman–Crippen LogP) is 2.57. The Labute approximate surface area is 201 Å². The minimum absolute atomic E-state index is 0.0313. The lowest BCUT2D eigenvalue weighted by atomic mass is 10.2. The summed E-state index contributed by atoms with van der Waals surface area (Å²) in [7, 11) is -0.956. The number of aromatic nitrogens is 6. The van der Waals surface area contributed by atoms with Crippen LogP contribution in [0, 0.1) is 12.7 Å². The highest BCUT2D eigenvalue weighted by Crippen LogP contribution is 2.37. The van der Waals surface area contributed by atoms with Crippen LogP contribution in [0.1, 0.15) is 11.5 Å². The summed E-state index contributed by atoms with van der Waals surface area (Å²) in [6.45, 7) is 1.85. The van der Waals surface area contributed by atoms with Gasteiger partial charge in [0.1, 0.15) is 23.0 Å². The Hall–Kier alpha value is -4.13. The Kier molecular flexibility index (Phi) is 6.87. The number of nitrogens with zero attached hydrogens (tertiary/aromatic N) is 6. The highest BCUT2D eigenvalue weighted by Gasteiger charge is 2.25. The molecule has 3 aromatic heterocycles. The van der Waals surface area contributed by atoms with E-state index in [1.807, 2.05) is 6.92 Å². The largest absolute Gasteiger partial charge is 0.494 e. The van der Waals surface area contributed by atoms with Gasteiger partial charge in [-0.1, -0.05) is 6.07 Å². The first-order valence-corrected chi connectivity index (χ1v) is 12.0. The minimum atomic E-state index is -3.93. The van der Waals surface area contributed by atoms with E-state index in [1.165, 1.54) is 18.8 Å². The van der Waals surface area contributed by atoms with Crippen molar-refractivity contribution in [3.8, 4) is 28.6 Å². The fourth-order valence-electron chi connectivity index (χ4n) is 3.29. The van der Waals surface area contributed by atoms with Crippen LogP contribution in [0.5, 0.6) is 11.5 Å². The smallest absolute Gasteiger partial charge is 0.243 e. The predicted molar refractivity (Wildman–Crippen MR) is 126 cm³/mol. The van der Waals surface area contributed by atoms with Gasteiger partial charge in [-0.3, -0.25) is 14.3 Å². The Balaban J connectivity index is 1.77. The fraction of sp³-hybridized carbons (Fsp3) is 0.227. The molecular formula is C22H22FN7O4S. The topological polar surface area (TPSA) is 134 Å². The van der Waals surface area contributed by atoms with Crippen molar-refractivity contribution >= 4 is 16.0 Å². The first-order chi connectivity index (χ1) is 16.8. The molecule has 0 aliphatic rings. The maximum Gasteiger partial charge on any atom is 0.243 e. The molecule has 4 aromatic rings. The number of nitrogens with one attached hydrogen (secondary N) is 1. The molecule has 13 heteroatoms. The molecule has 0 saturated carbocycles. The van der Waals surface area contributed by atoms with Crippen molar-refractivity contribution < 1.29 is 22.3 Å². The number of benzene rings is 1. The number of para-hydroxylation sites is 1. The molecule has 0 unspecified atom stereocenters. The standard InChI is InChI=1S/C22H22FN7O4S/c1-14-7-8-15(11-24-14)21-27-28-22(30(21)20-17(33-2)5-4-6-18(20)34-3)29-35(31,32)10-9-19-25-12-16(23)13-26-19/h4-8,11-13H,9-10H2,1-3H3,(H,28,29). The first kappa shape index (κ1) is 24.0. The summed E-state index contributed by atoms with van der Waals surface area (Å²) in [4.78, 5) is 11.9. The lowest BCUT2D eigenvalue weighted by Gasteiger charge is -2.17. The number of anilines is 1. The molecule has 35 heavy (non-hydrogen) atoms. The van der Waals surface area contributed by atoms with E-state index in [-0.39, 0.29) is 23.9 Å². The van der Waals surface area contributed by atoms with Crippen molar-refractivity contribution in [3.63, 3.8) is 0 Å². The van der Waals surface area contributed by atoms with Crippen LogP contribution in [0.2, 0.25) is 0 Å². The van der Waals surface area contributed by atoms with Gasteiger partial charge in [0.15, 0.2) is 11.6 Å².